The number of piperazine rings is 1. The van der Waals surface area contributed by atoms with Crippen LogP contribution in [0, 0.1) is 0 Å². The molecular formula is C12H15BrCl2N2O2. The van der Waals surface area contributed by atoms with Crippen LogP contribution >= 0.6 is 39.9 Å². The number of rotatable bonds is 3. The number of hydrogen-bond acceptors (Lipinski definition) is 3. The third kappa shape index (κ3) is 4.84. The van der Waals surface area contributed by atoms with Gasteiger partial charge in [0.2, 0.25) is 0 Å². The minimum atomic E-state index is -0.00418. The molecule has 0 spiro atoms. The van der Waals surface area contributed by atoms with Crippen LogP contribution in [0.4, 0.5) is 0 Å². The molecule has 0 radical (unpaired) electrons. The summed E-state index contributed by atoms with van der Waals surface area (Å²) in [4.78, 5) is 13.7. The topological polar surface area (TPSA) is 41.6 Å². The van der Waals surface area contributed by atoms with Crippen molar-refractivity contribution >= 4 is 45.8 Å². The summed E-state index contributed by atoms with van der Waals surface area (Å²) in [5.74, 6) is 0.527. The summed E-state index contributed by atoms with van der Waals surface area (Å²) in [5, 5.41) is 3.70. The van der Waals surface area contributed by atoms with Crippen LogP contribution in [0.15, 0.2) is 22.7 Å². The van der Waals surface area contributed by atoms with E-state index in [0.717, 1.165) is 30.7 Å². The first-order valence-electron chi connectivity index (χ1n) is 5.73. The Labute approximate surface area is 132 Å². The van der Waals surface area contributed by atoms with E-state index in [-0.39, 0.29) is 24.9 Å². The van der Waals surface area contributed by atoms with Gasteiger partial charge in [-0.15, -0.1) is 12.4 Å². The van der Waals surface area contributed by atoms with E-state index in [2.05, 4.69) is 21.2 Å². The predicted octanol–water partition coefficient (Wildman–Crippen LogP) is 2.33. The Balaban J connectivity index is 0.00000180. The maximum atomic E-state index is 11.9. The molecule has 0 saturated carbocycles. The Bertz CT molecular complexity index is 440. The van der Waals surface area contributed by atoms with Gasteiger partial charge in [-0.25, -0.2) is 0 Å². The fourth-order valence-corrected chi connectivity index (χ4v) is 2.47. The standard InChI is InChI=1S/C12H14BrClN2O2.ClH/c13-9-1-2-11(10(14)7-9)18-8-12(17)16-5-3-15-4-6-16;/h1-2,7,15H,3-6,8H2;1H. The minimum absolute atomic E-state index is 0. The maximum absolute atomic E-state index is 11.9. The van der Waals surface area contributed by atoms with Crippen molar-refractivity contribution in [2.75, 3.05) is 32.8 Å². The number of hydrogen-bond donors (Lipinski definition) is 1. The van der Waals surface area contributed by atoms with Crippen LogP contribution in [0.25, 0.3) is 0 Å². The van der Waals surface area contributed by atoms with Crippen molar-refractivity contribution in [3.63, 3.8) is 0 Å². The molecule has 4 nitrogen and oxygen atoms in total. The van der Waals surface area contributed by atoms with Crippen molar-refractivity contribution in [3.8, 4) is 5.75 Å². The maximum Gasteiger partial charge on any atom is 0.260 e. The van der Waals surface area contributed by atoms with E-state index in [1.807, 2.05) is 6.07 Å². The molecular weight excluding hydrogens is 355 g/mol. The summed E-state index contributed by atoms with van der Waals surface area (Å²) in [6.07, 6.45) is 0. The lowest BCUT2D eigenvalue weighted by Crippen LogP contribution is -2.47. The number of benzene rings is 1. The van der Waals surface area contributed by atoms with E-state index >= 15 is 0 Å². The lowest BCUT2D eigenvalue weighted by molar-refractivity contribution is -0.133. The quantitative estimate of drug-likeness (QED) is 0.889. The third-order valence-electron chi connectivity index (χ3n) is 2.71. The molecule has 1 aliphatic heterocycles. The van der Waals surface area contributed by atoms with Crippen molar-refractivity contribution in [1.82, 2.24) is 10.2 Å². The van der Waals surface area contributed by atoms with E-state index in [4.69, 9.17) is 16.3 Å². The van der Waals surface area contributed by atoms with Gasteiger partial charge in [0.05, 0.1) is 5.02 Å². The Hall–Kier alpha value is -0.490. The summed E-state index contributed by atoms with van der Waals surface area (Å²) in [6.45, 7) is 3.17. The average Bonchev–Trinajstić information content (AvgIpc) is 2.38. The number of nitrogens with zero attached hydrogens (tertiary/aromatic N) is 1. The minimum Gasteiger partial charge on any atom is -0.482 e. The highest BCUT2D eigenvalue weighted by Crippen LogP contribution is 2.27. The SMILES string of the molecule is Cl.O=C(COc1ccc(Br)cc1Cl)N1CCNCC1. The average molecular weight is 370 g/mol. The molecule has 0 aromatic heterocycles. The van der Waals surface area contributed by atoms with E-state index in [1.165, 1.54) is 0 Å². The van der Waals surface area contributed by atoms with Crippen LogP contribution in [-0.4, -0.2) is 43.6 Å². The van der Waals surface area contributed by atoms with Crippen LogP contribution in [0.1, 0.15) is 0 Å². The van der Waals surface area contributed by atoms with Gasteiger partial charge >= 0.3 is 0 Å². The number of nitrogens with one attached hydrogen (secondary N) is 1. The van der Waals surface area contributed by atoms with E-state index < -0.39 is 0 Å². The highest BCUT2D eigenvalue weighted by Gasteiger charge is 2.16. The second-order valence-electron chi connectivity index (χ2n) is 3.99. The third-order valence-corrected chi connectivity index (χ3v) is 3.50. The van der Waals surface area contributed by atoms with Crippen LogP contribution in [0.2, 0.25) is 5.02 Å². The van der Waals surface area contributed by atoms with Gasteiger partial charge in [0.15, 0.2) is 6.61 Å². The van der Waals surface area contributed by atoms with Gasteiger partial charge in [-0.3, -0.25) is 4.79 Å². The first-order chi connectivity index (χ1) is 8.66. The number of halogens is 3. The normalized spacial score (nSPS) is 14.7. The molecule has 106 valence electrons. The van der Waals surface area contributed by atoms with Gasteiger partial charge in [0, 0.05) is 30.7 Å². The molecule has 1 N–H and O–H groups in total. The van der Waals surface area contributed by atoms with Gasteiger partial charge in [-0.05, 0) is 18.2 Å². The molecule has 1 saturated heterocycles. The first-order valence-corrected chi connectivity index (χ1v) is 6.90. The second kappa shape index (κ2) is 7.94. The molecule has 2 rings (SSSR count). The predicted molar refractivity (Wildman–Crippen MR) is 81.3 cm³/mol. The monoisotopic (exact) mass is 368 g/mol. The zero-order chi connectivity index (χ0) is 13.0. The molecule has 1 amide bonds. The van der Waals surface area contributed by atoms with Gasteiger partial charge < -0.3 is 15.0 Å². The van der Waals surface area contributed by atoms with Crippen molar-refractivity contribution < 1.29 is 9.53 Å². The van der Waals surface area contributed by atoms with Crippen molar-refractivity contribution in [2.24, 2.45) is 0 Å². The van der Waals surface area contributed by atoms with Crippen molar-refractivity contribution in [2.45, 2.75) is 0 Å². The fourth-order valence-electron chi connectivity index (χ4n) is 1.74. The highest BCUT2D eigenvalue weighted by atomic mass is 79.9. The molecule has 0 atom stereocenters. The van der Waals surface area contributed by atoms with Crippen LogP contribution in [0.3, 0.4) is 0 Å². The number of amides is 1. The molecule has 0 aliphatic carbocycles. The zero-order valence-corrected chi connectivity index (χ0v) is 13.4. The fraction of sp³-hybridized carbons (Fsp3) is 0.417. The second-order valence-corrected chi connectivity index (χ2v) is 5.32. The molecule has 0 unspecified atom stereocenters. The van der Waals surface area contributed by atoms with Gasteiger partial charge in [0.1, 0.15) is 5.75 Å². The van der Waals surface area contributed by atoms with Crippen molar-refractivity contribution in [1.29, 1.82) is 0 Å². The van der Waals surface area contributed by atoms with Gasteiger partial charge in [-0.2, -0.15) is 0 Å². The Morgan fingerprint density at radius 2 is 2.11 bits per heavy atom. The first kappa shape index (κ1) is 16.6. The van der Waals surface area contributed by atoms with Crippen LogP contribution in [-0.2, 0) is 4.79 Å². The van der Waals surface area contributed by atoms with Gasteiger partial charge in [-0.1, -0.05) is 27.5 Å². The van der Waals surface area contributed by atoms with E-state index in [9.17, 15) is 4.79 Å². The zero-order valence-electron chi connectivity index (χ0n) is 10.2. The summed E-state index contributed by atoms with van der Waals surface area (Å²) >= 11 is 9.33. The molecule has 1 aliphatic rings. The lowest BCUT2D eigenvalue weighted by atomic mass is 10.3. The smallest absolute Gasteiger partial charge is 0.260 e. The molecule has 1 aromatic carbocycles. The lowest BCUT2D eigenvalue weighted by Gasteiger charge is -2.27. The molecule has 1 heterocycles. The largest absolute Gasteiger partial charge is 0.482 e. The molecule has 7 heteroatoms. The molecule has 19 heavy (non-hydrogen) atoms. The van der Waals surface area contributed by atoms with E-state index in [1.54, 1.807) is 17.0 Å². The summed E-state index contributed by atoms with van der Waals surface area (Å²) < 4.78 is 6.33. The Kier molecular flexibility index (Phi) is 6.93. The van der Waals surface area contributed by atoms with Crippen LogP contribution < -0.4 is 10.1 Å². The van der Waals surface area contributed by atoms with E-state index in [0.29, 0.717) is 10.8 Å². The molecule has 0 bridgehead atoms. The Morgan fingerprint density at radius 1 is 1.42 bits per heavy atom. The molecule has 1 fully saturated rings. The summed E-state index contributed by atoms with van der Waals surface area (Å²) in [5.41, 5.74) is 0. The number of carbonyl (C=O) groups excluding carboxylic acids is 1. The van der Waals surface area contributed by atoms with Gasteiger partial charge in [0.25, 0.3) is 5.91 Å². The van der Waals surface area contributed by atoms with Crippen LogP contribution in [0.5, 0.6) is 5.75 Å². The Morgan fingerprint density at radius 3 is 2.74 bits per heavy atom. The highest BCUT2D eigenvalue weighted by molar-refractivity contribution is 9.10. The van der Waals surface area contributed by atoms with Crippen molar-refractivity contribution in [3.05, 3.63) is 27.7 Å². The number of ether oxygens (including phenoxy) is 1. The summed E-state index contributed by atoms with van der Waals surface area (Å²) in [7, 11) is 0. The summed E-state index contributed by atoms with van der Waals surface area (Å²) in [6, 6.07) is 5.32. The number of carbonyl (C=O) groups is 1. The molecule has 1 aromatic rings.